The first kappa shape index (κ1) is 6.53. The maximum atomic E-state index is 8.22. The molecule has 1 rings (SSSR count). The fourth-order valence-corrected chi connectivity index (χ4v) is 0.860. The molecule has 0 spiro atoms. The molecule has 0 bridgehead atoms. The Balaban J connectivity index is 2.48. The summed E-state index contributed by atoms with van der Waals surface area (Å²) in [6.45, 7) is 0. The predicted octanol–water partition coefficient (Wildman–Crippen LogP) is -0.509. The second-order valence-electron chi connectivity index (χ2n) is 1.24. The average Bonchev–Trinajstić information content (AvgIpc) is 2.15. The summed E-state index contributed by atoms with van der Waals surface area (Å²) in [5, 5.41) is 18.4. The molecule has 0 aromatic carbocycles. The van der Waals surface area contributed by atoms with Crippen LogP contribution in [-0.2, 0) is 0 Å². The summed E-state index contributed by atoms with van der Waals surface area (Å²) in [6, 6.07) is 0. The SMILES string of the molecule is OB(O)Oc1nccs1. The summed E-state index contributed by atoms with van der Waals surface area (Å²) in [5.41, 5.74) is 0. The molecule has 0 atom stereocenters. The van der Waals surface area contributed by atoms with E-state index < -0.39 is 7.32 Å². The molecule has 0 radical (unpaired) electrons. The number of hydrogen-bond donors (Lipinski definition) is 2. The lowest BCUT2D eigenvalue weighted by Gasteiger charge is -1.95. The molecule has 2 N–H and O–H groups in total. The molecule has 0 aliphatic carbocycles. The first-order valence-corrected chi connectivity index (χ1v) is 3.09. The largest absolute Gasteiger partial charge is 0.709 e. The Morgan fingerprint density at radius 1 is 1.67 bits per heavy atom. The lowest BCUT2D eigenvalue weighted by atomic mass is 10.3. The van der Waals surface area contributed by atoms with Gasteiger partial charge in [0.05, 0.1) is 0 Å². The van der Waals surface area contributed by atoms with Crippen LogP contribution in [0.4, 0.5) is 0 Å². The van der Waals surface area contributed by atoms with E-state index in [2.05, 4.69) is 9.64 Å². The summed E-state index contributed by atoms with van der Waals surface area (Å²) in [6.07, 6.45) is 1.52. The molecular weight excluding hydrogens is 141 g/mol. The van der Waals surface area contributed by atoms with Gasteiger partial charge in [-0.25, -0.2) is 4.98 Å². The van der Waals surface area contributed by atoms with Crippen LogP contribution in [0.15, 0.2) is 11.6 Å². The second-order valence-corrected chi connectivity index (χ2v) is 2.10. The monoisotopic (exact) mass is 145 g/mol. The van der Waals surface area contributed by atoms with Crippen molar-refractivity contribution in [2.45, 2.75) is 0 Å². The molecule has 0 aliphatic rings. The van der Waals surface area contributed by atoms with E-state index in [9.17, 15) is 0 Å². The van der Waals surface area contributed by atoms with Crippen molar-refractivity contribution in [3.05, 3.63) is 11.6 Å². The number of thiazole rings is 1. The van der Waals surface area contributed by atoms with E-state index in [-0.39, 0.29) is 5.19 Å². The topological polar surface area (TPSA) is 62.6 Å². The zero-order valence-electron chi connectivity index (χ0n) is 4.39. The third-order valence-corrected chi connectivity index (χ3v) is 1.28. The van der Waals surface area contributed by atoms with Crippen molar-refractivity contribution in [2.24, 2.45) is 0 Å². The molecule has 6 heteroatoms. The smallest absolute Gasteiger partial charge is 0.490 e. The molecule has 0 fully saturated rings. The van der Waals surface area contributed by atoms with Gasteiger partial charge in [-0.2, -0.15) is 0 Å². The van der Waals surface area contributed by atoms with Crippen molar-refractivity contribution in [3.63, 3.8) is 0 Å². The molecule has 0 saturated carbocycles. The number of aromatic nitrogens is 1. The first-order valence-electron chi connectivity index (χ1n) is 2.21. The minimum Gasteiger partial charge on any atom is -0.490 e. The lowest BCUT2D eigenvalue weighted by molar-refractivity contribution is 0.287. The van der Waals surface area contributed by atoms with Gasteiger partial charge in [-0.1, -0.05) is 11.3 Å². The van der Waals surface area contributed by atoms with E-state index in [1.807, 2.05) is 0 Å². The number of nitrogens with zero attached hydrogens (tertiary/aromatic N) is 1. The molecule has 1 aromatic heterocycles. The van der Waals surface area contributed by atoms with Gasteiger partial charge in [-0.05, 0) is 0 Å². The van der Waals surface area contributed by atoms with Crippen LogP contribution in [0.3, 0.4) is 0 Å². The first-order chi connectivity index (χ1) is 4.29. The molecule has 0 unspecified atom stereocenters. The zero-order chi connectivity index (χ0) is 6.69. The van der Waals surface area contributed by atoms with Crippen LogP contribution in [0, 0.1) is 0 Å². The second kappa shape index (κ2) is 2.81. The van der Waals surface area contributed by atoms with Crippen molar-refractivity contribution < 1.29 is 14.7 Å². The highest BCUT2D eigenvalue weighted by molar-refractivity contribution is 7.11. The van der Waals surface area contributed by atoms with Crippen LogP contribution >= 0.6 is 11.3 Å². The quantitative estimate of drug-likeness (QED) is 0.550. The van der Waals surface area contributed by atoms with E-state index in [1.165, 1.54) is 17.5 Å². The standard InChI is InChI=1S/C3H4BNO3S/c6-4(7)8-3-5-1-2-9-3/h1-2,6-7H. The van der Waals surface area contributed by atoms with E-state index >= 15 is 0 Å². The van der Waals surface area contributed by atoms with E-state index in [0.29, 0.717) is 0 Å². The van der Waals surface area contributed by atoms with Gasteiger partial charge in [0.2, 0.25) is 0 Å². The van der Waals surface area contributed by atoms with Crippen LogP contribution in [0.2, 0.25) is 0 Å². The average molecular weight is 145 g/mol. The van der Waals surface area contributed by atoms with E-state index in [0.717, 1.165) is 0 Å². The third kappa shape index (κ3) is 2.00. The molecule has 9 heavy (non-hydrogen) atoms. The molecule has 1 aromatic rings. The third-order valence-electron chi connectivity index (χ3n) is 0.616. The van der Waals surface area contributed by atoms with Gasteiger partial charge in [0.1, 0.15) is 0 Å². The Labute approximate surface area is 55.9 Å². The van der Waals surface area contributed by atoms with Gasteiger partial charge >= 0.3 is 7.32 Å². The van der Waals surface area contributed by atoms with Gasteiger partial charge in [-0.3, -0.25) is 0 Å². The van der Waals surface area contributed by atoms with E-state index in [1.54, 1.807) is 5.38 Å². The Morgan fingerprint density at radius 2 is 2.44 bits per heavy atom. The van der Waals surface area contributed by atoms with Gasteiger partial charge in [0.15, 0.2) is 0 Å². The summed E-state index contributed by atoms with van der Waals surface area (Å²) in [4.78, 5) is 3.63. The Morgan fingerprint density at radius 3 is 2.89 bits per heavy atom. The fourth-order valence-electron chi connectivity index (χ4n) is 0.359. The minimum absolute atomic E-state index is 0.255. The summed E-state index contributed by atoms with van der Waals surface area (Å²) in [5.74, 6) is 0. The predicted molar refractivity (Wildman–Crippen MR) is 32.9 cm³/mol. The molecule has 0 aliphatic heterocycles. The molecule has 1 heterocycles. The molecule has 48 valence electrons. The Kier molecular flexibility index (Phi) is 2.04. The minimum atomic E-state index is -1.77. The number of hydrogen-bond acceptors (Lipinski definition) is 5. The highest BCUT2D eigenvalue weighted by atomic mass is 32.1. The summed E-state index contributed by atoms with van der Waals surface area (Å²) < 4.78 is 4.37. The summed E-state index contributed by atoms with van der Waals surface area (Å²) in [7, 11) is -1.77. The Hall–Kier alpha value is -0.585. The highest BCUT2D eigenvalue weighted by Gasteiger charge is 2.11. The maximum absolute atomic E-state index is 8.22. The van der Waals surface area contributed by atoms with Gasteiger partial charge in [0, 0.05) is 11.6 Å². The zero-order valence-corrected chi connectivity index (χ0v) is 5.21. The van der Waals surface area contributed by atoms with Crippen LogP contribution < -0.4 is 4.65 Å². The van der Waals surface area contributed by atoms with Crippen molar-refractivity contribution in [3.8, 4) is 5.19 Å². The van der Waals surface area contributed by atoms with Crippen molar-refractivity contribution >= 4 is 18.7 Å². The molecule has 4 nitrogen and oxygen atoms in total. The van der Waals surface area contributed by atoms with Crippen molar-refractivity contribution in [2.75, 3.05) is 0 Å². The van der Waals surface area contributed by atoms with Gasteiger partial charge in [-0.15, -0.1) is 0 Å². The molecule has 0 saturated heterocycles. The lowest BCUT2D eigenvalue weighted by Crippen LogP contribution is -2.20. The van der Waals surface area contributed by atoms with Crippen LogP contribution in [0.25, 0.3) is 0 Å². The van der Waals surface area contributed by atoms with Crippen molar-refractivity contribution in [1.29, 1.82) is 0 Å². The Bertz CT molecular complexity index is 166. The summed E-state index contributed by atoms with van der Waals surface area (Å²) >= 11 is 1.20. The molecular formula is C3H4BNO3S. The number of rotatable bonds is 2. The fraction of sp³-hybridized carbons (Fsp3) is 0. The van der Waals surface area contributed by atoms with Crippen LogP contribution in [0.1, 0.15) is 0 Å². The normalized spacial score (nSPS) is 9.11. The van der Waals surface area contributed by atoms with Crippen LogP contribution in [0.5, 0.6) is 5.19 Å². The van der Waals surface area contributed by atoms with Crippen molar-refractivity contribution in [1.82, 2.24) is 4.98 Å². The molecule has 0 amide bonds. The maximum Gasteiger partial charge on any atom is 0.709 e. The highest BCUT2D eigenvalue weighted by Crippen LogP contribution is 2.12. The van der Waals surface area contributed by atoms with Crippen LogP contribution in [-0.4, -0.2) is 22.4 Å². The van der Waals surface area contributed by atoms with E-state index in [4.69, 9.17) is 10.0 Å². The van der Waals surface area contributed by atoms with Gasteiger partial charge in [0.25, 0.3) is 5.19 Å². The van der Waals surface area contributed by atoms with Gasteiger partial charge < -0.3 is 14.7 Å².